The molecule has 1 aromatic rings. The van der Waals surface area contributed by atoms with E-state index in [0.29, 0.717) is 12.2 Å². The fourth-order valence-corrected chi connectivity index (χ4v) is 1.82. The van der Waals surface area contributed by atoms with Crippen molar-refractivity contribution in [1.29, 1.82) is 0 Å². The van der Waals surface area contributed by atoms with Crippen LogP contribution in [0, 0.1) is 6.92 Å². The first-order valence-corrected chi connectivity index (χ1v) is 6.10. The van der Waals surface area contributed by atoms with Gasteiger partial charge < -0.3 is 9.47 Å². The van der Waals surface area contributed by atoms with Gasteiger partial charge in [-0.05, 0) is 25.0 Å². The zero-order valence-corrected chi connectivity index (χ0v) is 11.5. The second-order valence-corrected chi connectivity index (χ2v) is 4.51. The summed E-state index contributed by atoms with van der Waals surface area (Å²) in [6, 6.07) is 5.20. The highest BCUT2D eigenvalue weighted by molar-refractivity contribution is 5.37. The number of alkyl halides is 3. The Kier molecular flexibility index (Phi) is 6.25. The fourth-order valence-electron chi connectivity index (χ4n) is 1.82. The van der Waals surface area contributed by atoms with Crippen LogP contribution >= 0.6 is 0 Å². The predicted molar refractivity (Wildman–Crippen MR) is 69.4 cm³/mol. The van der Waals surface area contributed by atoms with Crippen LogP contribution < -0.4 is 16.0 Å². The lowest BCUT2D eigenvalue weighted by atomic mass is 10.0. The Morgan fingerprint density at radius 3 is 2.60 bits per heavy atom. The van der Waals surface area contributed by atoms with Crippen molar-refractivity contribution < 1.29 is 22.6 Å². The average Bonchev–Trinajstić information content (AvgIpc) is 2.36. The zero-order valence-electron chi connectivity index (χ0n) is 11.5. The van der Waals surface area contributed by atoms with Gasteiger partial charge in [0, 0.05) is 6.04 Å². The molecule has 1 atom stereocenters. The number of benzene rings is 1. The van der Waals surface area contributed by atoms with Crippen molar-refractivity contribution in [3.63, 3.8) is 0 Å². The van der Waals surface area contributed by atoms with Gasteiger partial charge in [0.2, 0.25) is 0 Å². The fraction of sp³-hybridized carbons (Fsp3) is 0.538. The first-order chi connectivity index (χ1) is 9.35. The third-order valence-corrected chi connectivity index (χ3v) is 2.72. The Balaban J connectivity index is 2.62. The first-order valence-electron chi connectivity index (χ1n) is 6.10. The normalized spacial score (nSPS) is 13.3. The van der Waals surface area contributed by atoms with Crippen LogP contribution in [0.2, 0.25) is 0 Å². The van der Waals surface area contributed by atoms with E-state index in [1.54, 1.807) is 7.11 Å². The van der Waals surface area contributed by atoms with Crippen LogP contribution in [0.25, 0.3) is 0 Å². The van der Waals surface area contributed by atoms with Crippen LogP contribution in [0.5, 0.6) is 5.75 Å². The molecule has 0 radical (unpaired) electrons. The Morgan fingerprint density at radius 1 is 1.35 bits per heavy atom. The number of rotatable bonds is 7. The van der Waals surface area contributed by atoms with E-state index in [-0.39, 0.29) is 6.61 Å². The molecule has 0 spiro atoms. The zero-order chi connectivity index (χ0) is 15.2. The summed E-state index contributed by atoms with van der Waals surface area (Å²) in [5.74, 6) is 6.02. The van der Waals surface area contributed by atoms with Crippen LogP contribution in [-0.4, -0.2) is 32.5 Å². The first kappa shape index (κ1) is 16.7. The number of hydrogen-bond acceptors (Lipinski definition) is 4. The summed E-state index contributed by atoms with van der Waals surface area (Å²) < 4.78 is 45.9. The number of hydrazine groups is 1. The second kappa shape index (κ2) is 7.47. The summed E-state index contributed by atoms with van der Waals surface area (Å²) in [6.07, 6.45) is -3.92. The average molecular weight is 292 g/mol. The van der Waals surface area contributed by atoms with Crippen LogP contribution in [0.3, 0.4) is 0 Å². The molecule has 0 bridgehead atoms. The maximum atomic E-state index is 12.0. The van der Waals surface area contributed by atoms with E-state index in [9.17, 15) is 13.2 Å². The van der Waals surface area contributed by atoms with Crippen molar-refractivity contribution in [2.75, 3.05) is 20.3 Å². The Bertz CT molecular complexity index is 425. The third-order valence-electron chi connectivity index (χ3n) is 2.72. The van der Waals surface area contributed by atoms with Crippen molar-refractivity contribution in [3.8, 4) is 5.75 Å². The molecular formula is C13H19F3N2O2. The van der Waals surface area contributed by atoms with Crippen molar-refractivity contribution >= 4 is 0 Å². The predicted octanol–water partition coefficient (Wildman–Crippen LogP) is 1.96. The van der Waals surface area contributed by atoms with Crippen LogP contribution in [0.4, 0.5) is 13.2 Å². The quantitative estimate of drug-likeness (QED) is 0.596. The molecule has 0 heterocycles. The molecule has 0 fully saturated rings. The van der Waals surface area contributed by atoms with E-state index in [1.165, 1.54) is 0 Å². The minimum atomic E-state index is -4.33. The van der Waals surface area contributed by atoms with Crippen LogP contribution in [0.15, 0.2) is 18.2 Å². The molecule has 114 valence electrons. The van der Waals surface area contributed by atoms with Crippen LogP contribution in [-0.2, 0) is 11.2 Å². The SMILES string of the molecule is COc1ccc(C)cc1CC(COCC(F)(F)F)NN. The number of methoxy groups -OCH3 is 1. The number of ether oxygens (including phenoxy) is 2. The standard InChI is InChI=1S/C13H19F3N2O2/c1-9-3-4-12(19-2)10(5-9)6-11(18-17)7-20-8-13(14,15)16/h3-5,11,18H,6-8,17H2,1-2H3. The van der Waals surface area contributed by atoms with E-state index in [2.05, 4.69) is 10.2 Å². The van der Waals surface area contributed by atoms with Crippen molar-refractivity contribution in [3.05, 3.63) is 29.3 Å². The Morgan fingerprint density at radius 2 is 2.05 bits per heavy atom. The number of hydrogen-bond donors (Lipinski definition) is 2. The van der Waals surface area contributed by atoms with E-state index < -0.39 is 18.8 Å². The summed E-state index contributed by atoms with van der Waals surface area (Å²) in [5, 5.41) is 0. The molecule has 1 aromatic carbocycles. The molecule has 0 aliphatic carbocycles. The van der Waals surface area contributed by atoms with E-state index >= 15 is 0 Å². The summed E-state index contributed by atoms with van der Waals surface area (Å²) in [7, 11) is 1.54. The number of nitrogens with one attached hydrogen (secondary N) is 1. The Hall–Kier alpha value is -1.31. The molecule has 7 heteroatoms. The smallest absolute Gasteiger partial charge is 0.411 e. The number of halogens is 3. The lowest BCUT2D eigenvalue weighted by Crippen LogP contribution is -2.41. The Labute approximate surface area is 116 Å². The highest BCUT2D eigenvalue weighted by Crippen LogP contribution is 2.21. The molecule has 1 rings (SSSR count). The minimum absolute atomic E-state index is 0.132. The summed E-state index contributed by atoms with van der Waals surface area (Å²) in [5.41, 5.74) is 4.36. The van der Waals surface area contributed by atoms with Gasteiger partial charge in [0.05, 0.1) is 13.7 Å². The number of aryl methyl sites for hydroxylation is 1. The third kappa shape index (κ3) is 5.77. The molecule has 0 saturated carbocycles. The molecule has 0 saturated heterocycles. The monoisotopic (exact) mass is 292 g/mol. The van der Waals surface area contributed by atoms with Gasteiger partial charge in [-0.25, -0.2) is 0 Å². The van der Waals surface area contributed by atoms with Crippen LogP contribution in [0.1, 0.15) is 11.1 Å². The van der Waals surface area contributed by atoms with Gasteiger partial charge in [-0.15, -0.1) is 0 Å². The highest BCUT2D eigenvalue weighted by Gasteiger charge is 2.28. The van der Waals surface area contributed by atoms with Gasteiger partial charge in [-0.2, -0.15) is 13.2 Å². The van der Waals surface area contributed by atoms with Crippen molar-refractivity contribution in [2.45, 2.75) is 25.6 Å². The largest absolute Gasteiger partial charge is 0.496 e. The summed E-state index contributed by atoms with van der Waals surface area (Å²) >= 11 is 0. The molecule has 20 heavy (non-hydrogen) atoms. The molecule has 0 aromatic heterocycles. The maximum Gasteiger partial charge on any atom is 0.411 e. The molecule has 0 aliphatic heterocycles. The van der Waals surface area contributed by atoms with Gasteiger partial charge in [-0.1, -0.05) is 17.7 Å². The van der Waals surface area contributed by atoms with Gasteiger partial charge >= 0.3 is 6.18 Å². The molecule has 1 unspecified atom stereocenters. The topological polar surface area (TPSA) is 56.5 Å². The van der Waals surface area contributed by atoms with Gasteiger partial charge in [0.15, 0.2) is 0 Å². The maximum absolute atomic E-state index is 12.0. The highest BCUT2D eigenvalue weighted by atomic mass is 19.4. The molecule has 0 aliphatic rings. The molecule has 0 amide bonds. The van der Waals surface area contributed by atoms with Crippen molar-refractivity contribution in [1.82, 2.24) is 5.43 Å². The van der Waals surface area contributed by atoms with E-state index in [0.717, 1.165) is 11.1 Å². The molecule has 4 nitrogen and oxygen atoms in total. The lowest BCUT2D eigenvalue weighted by Gasteiger charge is -2.18. The second-order valence-electron chi connectivity index (χ2n) is 4.51. The van der Waals surface area contributed by atoms with Crippen molar-refractivity contribution in [2.24, 2.45) is 5.84 Å². The van der Waals surface area contributed by atoms with Gasteiger partial charge in [0.1, 0.15) is 12.4 Å². The molecular weight excluding hydrogens is 273 g/mol. The summed E-state index contributed by atoms with van der Waals surface area (Å²) in [6.45, 7) is 0.511. The number of nitrogens with two attached hydrogens (primary N) is 1. The van der Waals surface area contributed by atoms with Gasteiger partial charge in [0.25, 0.3) is 0 Å². The van der Waals surface area contributed by atoms with E-state index in [4.69, 9.17) is 10.6 Å². The summed E-state index contributed by atoms with van der Waals surface area (Å²) in [4.78, 5) is 0. The van der Waals surface area contributed by atoms with E-state index in [1.807, 2.05) is 25.1 Å². The van der Waals surface area contributed by atoms with Gasteiger partial charge in [-0.3, -0.25) is 11.3 Å². The molecule has 3 N–H and O–H groups in total. The minimum Gasteiger partial charge on any atom is -0.496 e. The lowest BCUT2D eigenvalue weighted by molar-refractivity contribution is -0.175.